The van der Waals surface area contributed by atoms with Gasteiger partial charge in [0.25, 0.3) is 0 Å². The molecular weight excluding hydrogens is 350 g/mol. The highest BCUT2D eigenvalue weighted by molar-refractivity contribution is 9.10. The Labute approximate surface area is 139 Å². The highest BCUT2D eigenvalue weighted by Crippen LogP contribution is 2.30. The van der Waals surface area contributed by atoms with Crippen LogP contribution >= 0.6 is 27.5 Å². The zero-order chi connectivity index (χ0) is 15.2. The minimum absolute atomic E-state index is 0.101. The minimum atomic E-state index is 0.101. The Morgan fingerprint density at radius 3 is 2.57 bits per heavy atom. The number of hydrogen-bond acceptors (Lipinski definition) is 3. The van der Waals surface area contributed by atoms with Gasteiger partial charge in [-0.05, 0) is 41.9 Å². The zero-order valence-corrected chi connectivity index (χ0v) is 14.3. The lowest BCUT2D eigenvalue weighted by atomic mass is 10.0. The number of nitrogens with two attached hydrogens (primary N) is 1. The molecule has 1 aromatic heterocycles. The molecule has 0 amide bonds. The van der Waals surface area contributed by atoms with Crippen LogP contribution in [0.25, 0.3) is 0 Å². The van der Waals surface area contributed by atoms with Crippen LogP contribution in [-0.4, -0.2) is 23.0 Å². The van der Waals surface area contributed by atoms with Crippen molar-refractivity contribution in [3.05, 3.63) is 63.3 Å². The van der Waals surface area contributed by atoms with Gasteiger partial charge in [0.2, 0.25) is 0 Å². The minimum Gasteiger partial charge on any atom is -0.329 e. The molecule has 1 aromatic carbocycles. The van der Waals surface area contributed by atoms with E-state index in [-0.39, 0.29) is 6.04 Å². The summed E-state index contributed by atoms with van der Waals surface area (Å²) in [6, 6.07) is 10.1. The second-order valence-corrected chi connectivity index (χ2v) is 6.16. The van der Waals surface area contributed by atoms with Crippen LogP contribution in [0.2, 0.25) is 5.02 Å². The fraction of sp³-hybridized carbons (Fsp3) is 0.312. The molecule has 2 rings (SSSR count). The Bertz CT molecular complexity index is 577. The van der Waals surface area contributed by atoms with E-state index in [0.29, 0.717) is 6.54 Å². The van der Waals surface area contributed by atoms with Crippen LogP contribution in [0.15, 0.2) is 47.2 Å². The third-order valence-corrected chi connectivity index (χ3v) is 4.35. The molecule has 2 aromatic rings. The Kier molecular flexibility index (Phi) is 6.18. The van der Waals surface area contributed by atoms with Crippen molar-refractivity contribution in [1.82, 2.24) is 9.88 Å². The van der Waals surface area contributed by atoms with Gasteiger partial charge in [-0.2, -0.15) is 0 Å². The second kappa shape index (κ2) is 7.90. The summed E-state index contributed by atoms with van der Waals surface area (Å²) < 4.78 is 0.976. The van der Waals surface area contributed by atoms with Gasteiger partial charge in [-0.15, -0.1) is 0 Å². The fourth-order valence-corrected chi connectivity index (χ4v) is 3.21. The summed E-state index contributed by atoms with van der Waals surface area (Å²) >= 11 is 9.82. The highest BCUT2D eigenvalue weighted by atomic mass is 79.9. The topological polar surface area (TPSA) is 42.2 Å². The number of halogens is 2. The number of aromatic nitrogens is 1. The van der Waals surface area contributed by atoms with Gasteiger partial charge in [0.15, 0.2) is 0 Å². The molecule has 0 fully saturated rings. The first-order chi connectivity index (χ1) is 10.2. The second-order valence-electron chi connectivity index (χ2n) is 4.84. The molecule has 0 aliphatic rings. The normalized spacial score (nSPS) is 12.6. The van der Waals surface area contributed by atoms with Gasteiger partial charge in [-0.1, -0.05) is 40.5 Å². The monoisotopic (exact) mass is 367 g/mol. The maximum Gasteiger partial charge on any atom is 0.0488 e. The molecule has 1 heterocycles. The van der Waals surface area contributed by atoms with Crippen LogP contribution in [0.3, 0.4) is 0 Å². The summed E-state index contributed by atoms with van der Waals surface area (Å²) in [5, 5.41) is 0.744. The van der Waals surface area contributed by atoms with Crippen LogP contribution in [0.5, 0.6) is 0 Å². The maximum absolute atomic E-state index is 6.38. The lowest BCUT2D eigenvalue weighted by Crippen LogP contribution is -2.33. The fourth-order valence-electron chi connectivity index (χ4n) is 2.41. The first-order valence-corrected chi connectivity index (χ1v) is 8.10. The SMILES string of the molecule is CCN(Cc1ccncc1)C(CN)c1ccc(Br)cc1Cl. The van der Waals surface area contributed by atoms with Crippen molar-refractivity contribution in [3.8, 4) is 0 Å². The van der Waals surface area contributed by atoms with E-state index in [9.17, 15) is 0 Å². The summed E-state index contributed by atoms with van der Waals surface area (Å²) in [5.41, 5.74) is 8.31. The number of likely N-dealkylation sites (N-methyl/N-ethyl adjacent to an activating group) is 1. The molecule has 0 aliphatic carbocycles. The van der Waals surface area contributed by atoms with Crippen LogP contribution in [-0.2, 0) is 6.54 Å². The van der Waals surface area contributed by atoms with Crippen molar-refractivity contribution in [2.45, 2.75) is 19.5 Å². The molecule has 0 bridgehead atoms. The van der Waals surface area contributed by atoms with Gasteiger partial charge >= 0.3 is 0 Å². The van der Waals surface area contributed by atoms with Crippen molar-refractivity contribution in [1.29, 1.82) is 0 Å². The van der Waals surface area contributed by atoms with E-state index in [1.807, 2.05) is 42.7 Å². The van der Waals surface area contributed by atoms with E-state index in [1.165, 1.54) is 5.56 Å². The van der Waals surface area contributed by atoms with Crippen LogP contribution in [0.1, 0.15) is 24.1 Å². The summed E-state index contributed by atoms with van der Waals surface area (Å²) in [6.45, 7) is 4.39. The Hall–Kier alpha value is -0.940. The third-order valence-electron chi connectivity index (χ3n) is 3.53. The van der Waals surface area contributed by atoms with Crippen molar-refractivity contribution in [2.24, 2.45) is 5.73 Å². The molecule has 2 N–H and O–H groups in total. The van der Waals surface area contributed by atoms with Crippen LogP contribution in [0, 0.1) is 0 Å². The summed E-state index contributed by atoms with van der Waals surface area (Å²) in [6.07, 6.45) is 3.63. The van der Waals surface area contributed by atoms with Crippen LogP contribution < -0.4 is 5.73 Å². The van der Waals surface area contributed by atoms with Gasteiger partial charge in [-0.25, -0.2) is 0 Å². The quantitative estimate of drug-likeness (QED) is 0.837. The van der Waals surface area contributed by atoms with E-state index in [2.05, 4.69) is 32.7 Å². The lowest BCUT2D eigenvalue weighted by molar-refractivity contribution is 0.203. The van der Waals surface area contributed by atoms with Gasteiger partial charge < -0.3 is 5.73 Å². The van der Waals surface area contributed by atoms with Gasteiger partial charge in [-0.3, -0.25) is 9.88 Å². The molecule has 5 heteroatoms. The van der Waals surface area contributed by atoms with Gasteiger partial charge in [0.05, 0.1) is 0 Å². The molecule has 112 valence electrons. The van der Waals surface area contributed by atoms with Gasteiger partial charge in [0.1, 0.15) is 0 Å². The zero-order valence-electron chi connectivity index (χ0n) is 12.0. The predicted molar refractivity (Wildman–Crippen MR) is 91.3 cm³/mol. The summed E-state index contributed by atoms with van der Waals surface area (Å²) in [4.78, 5) is 6.38. The lowest BCUT2D eigenvalue weighted by Gasteiger charge is -2.31. The predicted octanol–water partition coefficient (Wildman–Crippen LogP) is 4.02. The standard InChI is InChI=1S/C16H19BrClN3/c1-2-21(11-12-5-7-20-8-6-12)16(10-19)14-4-3-13(17)9-15(14)18/h3-9,16H,2,10-11,19H2,1H3. The first kappa shape index (κ1) is 16.4. The summed E-state index contributed by atoms with van der Waals surface area (Å²) in [7, 11) is 0. The highest BCUT2D eigenvalue weighted by Gasteiger charge is 2.20. The number of nitrogens with zero attached hydrogens (tertiary/aromatic N) is 2. The number of rotatable bonds is 6. The molecule has 0 aliphatic heterocycles. The molecule has 1 atom stereocenters. The largest absolute Gasteiger partial charge is 0.329 e. The van der Waals surface area contributed by atoms with Gasteiger partial charge in [0, 0.05) is 41.0 Å². The molecule has 0 saturated heterocycles. The van der Waals surface area contributed by atoms with Crippen LogP contribution in [0.4, 0.5) is 0 Å². The Balaban J connectivity index is 2.25. The van der Waals surface area contributed by atoms with E-state index in [1.54, 1.807) is 0 Å². The molecule has 3 nitrogen and oxygen atoms in total. The molecule has 1 unspecified atom stereocenters. The number of hydrogen-bond donors (Lipinski definition) is 1. The number of pyridine rings is 1. The maximum atomic E-state index is 6.38. The molecule has 0 saturated carbocycles. The smallest absolute Gasteiger partial charge is 0.0488 e. The Morgan fingerprint density at radius 2 is 2.00 bits per heavy atom. The summed E-state index contributed by atoms with van der Waals surface area (Å²) in [5.74, 6) is 0. The number of benzene rings is 1. The molecular formula is C16H19BrClN3. The average Bonchev–Trinajstić information content (AvgIpc) is 2.49. The van der Waals surface area contributed by atoms with Crippen molar-refractivity contribution >= 4 is 27.5 Å². The van der Waals surface area contributed by atoms with E-state index >= 15 is 0 Å². The van der Waals surface area contributed by atoms with Crippen molar-refractivity contribution < 1.29 is 0 Å². The van der Waals surface area contributed by atoms with E-state index < -0.39 is 0 Å². The van der Waals surface area contributed by atoms with E-state index in [4.69, 9.17) is 17.3 Å². The van der Waals surface area contributed by atoms with Crippen molar-refractivity contribution in [3.63, 3.8) is 0 Å². The molecule has 0 radical (unpaired) electrons. The van der Waals surface area contributed by atoms with E-state index in [0.717, 1.165) is 28.1 Å². The molecule has 21 heavy (non-hydrogen) atoms. The first-order valence-electron chi connectivity index (χ1n) is 6.93. The Morgan fingerprint density at radius 1 is 1.29 bits per heavy atom. The average molecular weight is 369 g/mol. The third kappa shape index (κ3) is 4.27. The van der Waals surface area contributed by atoms with Crippen molar-refractivity contribution in [2.75, 3.05) is 13.1 Å². The molecule has 0 spiro atoms.